The number of nitriles is 1. The second-order valence-electron chi connectivity index (χ2n) is 6.47. The molecule has 1 aliphatic rings. The van der Waals surface area contributed by atoms with E-state index in [9.17, 15) is 20.0 Å². The van der Waals surface area contributed by atoms with Gasteiger partial charge in [-0.15, -0.1) is 0 Å². The monoisotopic (exact) mass is 406 g/mol. The van der Waals surface area contributed by atoms with Gasteiger partial charge >= 0.3 is 0 Å². The molecule has 2 aromatic carbocycles. The van der Waals surface area contributed by atoms with Crippen LogP contribution in [0.2, 0.25) is 0 Å². The lowest BCUT2D eigenvalue weighted by molar-refractivity contribution is -0.307. The van der Waals surface area contributed by atoms with Crippen LogP contribution in [0.3, 0.4) is 0 Å². The normalized spacial score (nSPS) is 14.0. The molecule has 1 amide bonds. The summed E-state index contributed by atoms with van der Waals surface area (Å²) in [5.74, 6) is -1.71. The van der Waals surface area contributed by atoms with E-state index in [1.54, 1.807) is 36.4 Å². The summed E-state index contributed by atoms with van der Waals surface area (Å²) in [6.07, 6.45) is 1.35. The van der Waals surface area contributed by atoms with Gasteiger partial charge in [0.15, 0.2) is 0 Å². The van der Waals surface area contributed by atoms with E-state index in [-0.39, 0.29) is 11.3 Å². The molecule has 1 aliphatic heterocycles. The van der Waals surface area contributed by atoms with Crippen LogP contribution < -0.4 is 20.1 Å². The number of amides is 1. The third kappa shape index (κ3) is 5.59. The first-order chi connectivity index (χ1) is 14.6. The number of aliphatic carboxylic acids is 1. The summed E-state index contributed by atoms with van der Waals surface area (Å²) in [7, 11) is 0. The van der Waals surface area contributed by atoms with Crippen LogP contribution in [0.15, 0.2) is 54.1 Å². The Balaban J connectivity index is 1.71. The first kappa shape index (κ1) is 20.9. The van der Waals surface area contributed by atoms with Gasteiger partial charge in [-0.05, 0) is 36.4 Å². The predicted molar refractivity (Wildman–Crippen MR) is 109 cm³/mol. The summed E-state index contributed by atoms with van der Waals surface area (Å²) in [6, 6.07) is 15.7. The van der Waals surface area contributed by atoms with Crippen LogP contribution in [-0.4, -0.2) is 44.8 Å². The van der Waals surface area contributed by atoms with Gasteiger partial charge in [0.1, 0.15) is 24.0 Å². The number of benzene rings is 2. The van der Waals surface area contributed by atoms with Crippen molar-refractivity contribution in [3.05, 3.63) is 59.7 Å². The van der Waals surface area contributed by atoms with Crippen molar-refractivity contribution >= 4 is 29.3 Å². The number of nitrogens with zero attached hydrogens (tertiary/aromatic N) is 2. The Labute approximate surface area is 173 Å². The van der Waals surface area contributed by atoms with Gasteiger partial charge in [-0.1, -0.05) is 18.2 Å². The Morgan fingerprint density at radius 1 is 1.17 bits per heavy atom. The van der Waals surface area contributed by atoms with Crippen molar-refractivity contribution in [3.63, 3.8) is 0 Å². The van der Waals surface area contributed by atoms with Gasteiger partial charge in [0.25, 0.3) is 5.91 Å². The minimum atomic E-state index is -1.37. The van der Waals surface area contributed by atoms with Gasteiger partial charge in [0, 0.05) is 30.0 Å². The molecule has 8 heteroatoms. The molecular formula is C22H20N3O5-. The number of ether oxygens (including phenoxy) is 2. The number of hydrogen-bond donors (Lipinski definition) is 1. The Hall–Kier alpha value is -3.83. The third-order valence-electron chi connectivity index (χ3n) is 4.43. The van der Waals surface area contributed by atoms with Crippen molar-refractivity contribution in [2.75, 3.05) is 43.1 Å². The summed E-state index contributed by atoms with van der Waals surface area (Å²) in [5, 5.41) is 22.7. The Morgan fingerprint density at radius 3 is 2.53 bits per heavy atom. The van der Waals surface area contributed by atoms with Crippen molar-refractivity contribution in [2.24, 2.45) is 0 Å². The zero-order chi connectivity index (χ0) is 21.3. The van der Waals surface area contributed by atoms with E-state index in [4.69, 9.17) is 9.47 Å². The lowest BCUT2D eigenvalue weighted by Gasteiger charge is -2.28. The first-order valence-corrected chi connectivity index (χ1v) is 9.34. The van der Waals surface area contributed by atoms with E-state index in [1.807, 2.05) is 18.2 Å². The average molecular weight is 406 g/mol. The lowest BCUT2D eigenvalue weighted by Crippen LogP contribution is -2.36. The van der Waals surface area contributed by atoms with Crippen LogP contribution in [0.5, 0.6) is 5.75 Å². The topological polar surface area (TPSA) is 115 Å². The quantitative estimate of drug-likeness (QED) is 0.543. The van der Waals surface area contributed by atoms with Crippen LogP contribution in [0.4, 0.5) is 11.4 Å². The molecule has 1 heterocycles. The number of anilines is 2. The van der Waals surface area contributed by atoms with Gasteiger partial charge in [-0.3, -0.25) is 4.79 Å². The molecule has 3 rings (SSSR count). The summed E-state index contributed by atoms with van der Waals surface area (Å²) >= 11 is 0. The van der Waals surface area contributed by atoms with Crippen LogP contribution in [0.1, 0.15) is 5.56 Å². The number of carboxylic acids is 1. The summed E-state index contributed by atoms with van der Waals surface area (Å²) < 4.78 is 10.5. The number of morpholine rings is 1. The Morgan fingerprint density at radius 2 is 1.87 bits per heavy atom. The van der Waals surface area contributed by atoms with Crippen LogP contribution >= 0.6 is 0 Å². The minimum absolute atomic E-state index is 0.142. The molecule has 1 N–H and O–H groups in total. The maximum atomic E-state index is 12.5. The van der Waals surface area contributed by atoms with E-state index in [1.165, 1.54) is 6.08 Å². The van der Waals surface area contributed by atoms with Crippen molar-refractivity contribution in [1.29, 1.82) is 5.26 Å². The number of carbonyl (C=O) groups excluding carboxylic acids is 2. The highest BCUT2D eigenvalue weighted by molar-refractivity contribution is 6.09. The fourth-order valence-electron chi connectivity index (χ4n) is 2.95. The number of hydrogen-bond acceptors (Lipinski definition) is 7. The molecule has 0 bridgehead atoms. The second kappa shape index (κ2) is 10.1. The smallest absolute Gasteiger partial charge is 0.266 e. The standard InChI is InChI=1S/C22H21N3O5/c23-14-17(13-16-3-1-2-4-20(16)30-15-21(26)27)22(28)24-18-5-7-19(8-6-18)25-9-11-29-12-10-25/h1-8,13H,9-12,15H2,(H,24,28)(H,26,27)/p-1/b17-13+. The number of nitrogens with one attached hydrogen (secondary N) is 1. The van der Waals surface area contributed by atoms with Crippen molar-refractivity contribution in [1.82, 2.24) is 0 Å². The molecule has 154 valence electrons. The molecule has 2 aromatic rings. The number of para-hydroxylation sites is 1. The van der Waals surface area contributed by atoms with Crippen LogP contribution in [0, 0.1) is 11.3 Å². The van der Waals surface area contributed by atoms with Gasteiger partial charge in [0.05, 0.1) is 19.2 Å². The molecular weight excluding hydrogens is 386 g/mol. The molecule has 0 atom stereocenters. The molecule has 30 heavy (non-hydrogen) atoms. The molecule has 0 spiro atoms. The summed E-state index contributed by atoms with van der Waals surface area (Å²) in [4.78, 5) is 25.4. The van der Waals surface area contributed by atoms with Crippen molar-refractivity contribution < 1.29 is 24.2 Å². The zero-order valence-corrected chi connectivity index (χ0v) is 16.2. The molecule has 0 radical (unpaired) electrons. The van der Waals surface area contributed by atoms with E-state index in [0.29, 0.717) is 24.5 Å². The number of carboxylic acid groups (broad SMARTS) is 1. The SMILES string of the molecule is N#C/C(=C\c1ccccc1OCC(=O)[O-])C(=O)Nc1ccc(N2CCOCC2)cc1. The van der Waals surface area contributed by atoms with E-state index in [0.717, 1.165) is 18.8 Å². The van der Waals surface area contributed by atoms with Gasteiger partial charge in [0.2, 0.25) is 0 Å². The van der Waals surface area contributed by atoms with Gasteiger partial charge in [-0.25, -0.2) is 0 Å². The maximum Gasteiger partial charge on any atom is 0.266 e. The lowest BCUT2D eigenvalue weighted by atomic mass is 10.1. The van der Waals surface area contributed by atoms with E-state index >= 15 is 0 Å². The van der Waals surface area contributed by atoms with E-state index < -0.39 is 18.5 Å². The minimum Gasteiger partial charge on any atom is -0.546 e. The van der Waals surface area contributed by atoms with Crippen LogP contribution in [-0.2, 0) is 14.3 Å². The van der Waals surface area contributed by atoms with Gasteiger partial charge in [-0.2, -0.15) is 5.26 Å². The molecule has 0 aromatic heterocycles. The van der Waals surface area contributed by atoms with Crippen molar-refractivity contribution in [2.45, 2.75) is 0 Å². The fraction of sp³-hybridized carbons (Fsp3) is 0.227. The maximum absolute atomic E-state index is 12.5. The summed E-state index contributed by atoms with van der Waals surface area (Å²) in [5.41, 5.74) is 1.86. The average Bonchev–Trinajstić information content (AvgIpc) is 2.77. The fourth-order valence-corrected chi connectivity index (χ4v) is 2.95. The molecule has 1 saturated heterocycles. The largest absolute Gasteiger partial charge is 0.546 e. The highest BCUT2D eigenvalue weighted by Gasteiger charge is 2.13. The van der Waals surface area contributed by atoms with Gasteiger partial charge < -0.3 is 29.6 Å². The molecule has 1 fully saturated rings. The molecule has 0 aliphatic carbocycles. The zero-order valence-electron chi connectivity index (χ0n) is 16.2. The molecule has 8 nitrogen and oxygen atoms in total. The molecule has 0 unspecified atom stereocenters. The summed E-state index contributed by atoms with van der Waals surface area (Å²) in [6.45, 7) is 2.36. The number of rotatable bonds is 7. The van der Waals surface area contributed by atoms with Crippen LogP contribution in [0.25, 0.3) is 6.08 Å². The molecule has 0 saturated carbocycles. The first-order valence-electron chi connectivity index (χ1n) is 9.34. The third-order valence-corrected chi connectivity index (χ3v) is 4.43. The predicted octanol–water partition coefficient (Wildman–Crippen LogP) is 1.20. The second-order valence-corrected chi connectivity index (χ2v) is 6.47. The Bertz CT molecular complexity index is 973. The Kier molecular flexibility index (Phi) is 7.03. The number of carbonyl (C=O) groups is 2. The van der Waals surface area contributed by atoms with E-state index in [2.05, 4.69) is 10.2 Å². The highest BCUT2D eigenvalue weighted by Crippen LogP contribution is 2.22. The highest BCUT2D eigenvalue weighted by atomic mass is 16.5. The van der Waals surface area contributed by atoms with Crippen molar-refractivity contribution in [3.8, 4) is 11.8 Å².